The van der Waals surface area contributed by atoms with E-state index in [0.29, 0.717) is 17.2 Å². The predicted molar refractivity (Wildman–Crippen MR) is 169 cm³/mol. The van der Waals surface area contributed by atoms with Crippen molar-refractivity contribution in [1.82, 2.24) is 10.2 Å². The van der Waals surface area contributed by atoms with Crippen molar-refractivity contribution in [3.8, 4) is 11.5 Å². The molecule has 0 aromatic heterocycles. The molecule has 3 aromatic carbocycles. The van der Waals surface area contributed by atoms with Crippen LogP contribution in [-0.4, -0.2) is 57.5 Å². The number of nitrogens with zero attached hydrogens (tertiary/aromatic N) is 2. The lowest BCUT2D eigenvalue weighted by Gasteiger charge is -2.35. The molecule has 2 amide bonds. The van der Waals surface area contributed by atoms with Crippen LogP contribution in [0.15, 0.2) is 71.6 Å². The Morgan fingerprint density at radius 3 is 2.16 bits per heavy atom. The summed E-state index contributed by atoms with van der Waals surface area (Å²) in [6.07, 6.45) is 0.322. The lowest BCUT2D eigenvalue weighted by molar-refractivity contribution is -0.141. The third kappa shape index (κ3) is 8.64. The highest BCUT2D eigenvalue weighted by Gasteiger charge is 2.35. The summed E-state index contributed by atoms with van der Waals surface area (Å²) in [7, 11) is -1.45. The molecule has 0 fully saturated rings. The largest absolute Gasteiger partial charge is 0.493 e. The minimum absolute atomic E-state index is 0.101. The van der Waals surface area contributed by atoms with Crippen LogP contribution in [0, 0.1) is 6.92 Å². The maximum atomic E-state index is 14.2. The van der Waals surface area contributed by atoms with Crippen LogP contribution in [0.2, 0.25) is 5.02 Å². The van der Waals surface area contributed by atoms with Gasteiger partial charge in [-0.25, -0.2) is 8.42 Å². The molecule has 232 valence electrons. The van der Waals surface area contributed by atoms with Crippen LogP contribution in [0.25, 0.3) is 0 Å². The fourth-order valence-corrected chi connectivity index (χ4v) is 6.18. The molecule has 1 unspecified atom stereocenters. The van der Waals surface area contributed by atoms with E-state index in [1.807, 2.05) is 58.9 Å². The molecule has 11 heteroatoms. The first-order valence-electron chi connectivity index (χ1n) is 13.9. The summed E-state index contributed by atoms with van der Waals surface area (Å²) in [4.78, 5) is 29.0. The number of carbonyl (C=O) groups is 2. The fraction of sp³-hybridized carbons (Fsp3) is 0.375. The van der Waals surface area contributed by atoms with Gasteiger partial charge < -0.3 is 19.7 Å². The molecule has 9 nitrogen and oxygen atoms in total. The van der Waals surface area contributed by atoms with Gasteiger partial charge in [-0.3, -0.25) is 13.9 Å². The van der Waals surface area contributed by atoms with Gasteiger partial charge in [0.25, 0.3) is 10.0 Å². The molecule has 43 heavy (non-hydrogen) atoms. The SMILES string of the molecule is CCC(C(=O)NC(C)(C)C)N(Cc1cccc(C)c1)C(=O)CN(c1ccc(Cl)cc1)S(=O)(=O)c1ccc(OC)c(OC)c1. The molecule has 0 radical (unpaired) electrons. The lowest BCUT2D eigenvalue weighted by Crippen LogP contribution is -2.55. The highest BCUT2D eigenvalue weighted by atomic mass is 35.5. The zero-order valence-corrected chi connectivity index (χ0v) is 27.3. The van der Waals surface area contributed by atoms with Gasteiger partial charge in [0.05, 0.1) is 24.8 Å². The van der Waals surface area contributed by atoms with E-state index in [0.717, 1.165) is 15.4 Å². The fourth-order valence-electron chi connectivity index (χ4n) is 4.62. The van der Waals surface area contributed by atoms with E-state index in [4.69, 9.17) is 21.1 Å². The molecule has 0 aliphatic rings. The first kappa shape index (κ1) is 33.7. The number of aryl methyl sites for hydroxylation is 1. The maximum Gasteiger partial charge on any atom is 0.264 e. The van der Waals surface area contributed by atoms with Gasteiger partial charge in [-0.15, -0.1) is 0 Å². The van der Waals surface area contributed by atoms with Gasteiger partial charge in [0, 0.05) is 23.2 Å². The number of sulfonamides is 1. The summed E-state index contributed by atoms with van der Waals surface area (Å²) in [6, 6.07) is 17.2. The molecule has 0 saturated heterocycles. The number of carbonyl (C=O) groups excluding carboxylic acids is 2. The van der Waals surface area contributed by atoms with Crippen molar-refractivity contribution in [2.24, 2.45) is 0 Å². The maximum absolute atomic E-state index is 14.2. The van der Waals surface area contributed by atoms with Crippen LogP contribution in [0.4, 0.5) is 5.69 Å². The molecular formula is C32H40ClN3O6S. The number of hydrogen-bond donors (Lipinski definition) is 1. The smallest absolute Gasteiger partial charge is 0.264 e. The Morgan fingerprint density at radius 1 is 0.953 bits per heavy atom. The Kier molecular flexibility index (Phi) is 11.1. The van der Waals surface area contributed by atoms with Gasteiger partial charge in [0.1, 0.15) is 12.6 Å². The predicted octanol–water partition coefficient (Wildman–Crippen LogP) is 5.58. The minimum Gasteiger partial charge on any atom is -0.493 e. The number of nitrogens with one attached hydrogen (secondary N) is 1. The van der Waals surface area contributed by atoms with Gasteiger partial charge in [-0.05, 0) is 76.1 Å². The summed E-state index contributed by atoms with van der Waals surface area (Å²) >= 11 is 6.11. The van der Waals surface area contributed by atoms with Crippen LogP contribution >= 0.6 is 11.6 Å². The first-order valence-corrected chi connectivity index (χ1v) is 15.7. The summed E-state index contributed by atoms with van der Waals surface area (Å²) < 4.78 is 39.9. The molecular weight excluding hydrogens is 590 g/mol. The van der Waals surface area contributed by atoms with Gasteiger partial charge in [-0.1, -0.05) is 48.4 Å². The minimum atomic E-state index is -4.31. The summed E-state index contributed by atoms with van der Waals surface area (Å²) in [5, 5.41) is 3.38. The second-order valence-corrected chi connectivity index (χ2v) is 13.5. The number of anilines is 1. The molecule has 0 heterocycles. The van der Waals surface area contributed by atoms with Crippen LogP contribution in [0.5, 0.6) is 11.5 Å². The van der Waals surface area contributed by atoms with Gasteiger partial charge in [0.15, 0.2) is 11.5 Å². The number of hydrogen-bond acceptors (Lipinski definition) is 6. The Morgan fingerprint density at radius 2 is 1.60 bits per heavy atom. The van der Waals surface area contributed by atoms with Gasteiger partial charge in [-0.2, -0.15) is 0 Å². The van der Waals surface area contributed by atoms with E-state index in [-0.39, 0.29) is 28.8 Å². The summed E-state index contributed by atoms with van der Waals surface area (Å²) in [5.41, 5.74) is 1.51. The molecule has 0 bridgehead atoms. The zero-order valence-electron chi connectivity index (χ0n) is 25.7. The van der Waals surface area contributed by atoms with E-state index in [1.54, 1.807) is 12.1 Å². The number of rotatable bonds is 12. The van der Waals surface area contributed by atoms with Crippen molar-refractivity contribution < 1.29 is 27.5 Å². The molecule has 0 aliphatic carbocycles. The highest BCUT2D eigenvalue weighted by Crippen LogP contribution is 2.33. The standard InChI is InChI=1S/C32H40ClN3O6S/c1-8-27(31(38)34-32(3,4)5)35(20-23-11-9-10-22(2)18-23)30(37)21-36(25-14-12-24(33)13-15-25)43(39,40)26-16-17-28(41-6)29(19-26)42-7/h9-19,27H,8,20-21H2,1-7H3,(H,34,38). The average molecular weight is 630 g/mol. The first-order chi connectivity index (χ1) is 20.2. The molecule has 3 rings (SSSR count). The van der Waals surface area contributed by atoms with Crippen LogP contribution in [0.1, 0.15) is 45.2 Å². The number of methoxy groups -OCH3 is 2. The normalized spacial score (nSPS) is 12.3. The second-order valence-electron chi connectivity index (χ2n) is 11.2. The van der Waals surface area contributed by atoms with Crippen molar-refractivity contribution in [3.05, 3.63) is 82.9 Å². The summed E-state index contributed by atoms with van der Waals surface area (Å²) in [5.74, 6) is -0.291. The highest BCUT2D eigenvalue weighted by molar-refractivity contribution is 7.92. The monoisotopic (exact) mass is 629 g/mol. The van der Waals surface area contributed by atoms with Crippen molar-refractivity contribution in [2.45, 2.75) is 64.1 Å². The third-order valence-electron chi connectivity index (χ3n) is 6.66. The van der Waals surface area contributed by atoms with E-state index in [1.165, 1.54) is 49.5 Å². The number of halogens is 1. The van der Waals surface area contributed by atoms with Crippen LogP contribution in [-0.2, 0) is 26.2 Å². The Hall–Kier alpha value is -3.76. The van der Waals surface area contributed by atoms with Gasteiger partial charge >= 0.3 is 0 Å². The topological polar surface area (TPSA) is 105 Å². The average Bonchev–Trinajstić information content (AvgIpc) is 2.94. The Bertz CT molecular complexity index is 1540. The van der Waals surface area contributed by atoms with E-state index in [2.05, 4.69) is 5.32 Å². The third-order valence-corrected chi connectivity index (χ3v) is 8.68. The van der Waals surface area contributed by atoms with Crippen molar-refractivity contribution in [1.29, 1.82) is 0 Å². The van der Waals surface area contributed by atoms with Crippen LogP contribution in [0.3, 0.4) is 0 Å². The van der Waals surface area contributed by atoms with Crippen molar-refractivity contribution in [2.75, 3.05) is 25.1 Å². The Balaban J connectivity index is 2.11. The molecule has 0 saturated carbocycles. The molecule has 0 aliphatic heterocycles. The van der Waals surface area contributed by atoms with Gasteiger partial charge in [0.2, 0.25) is 11.8 Å². The molecule has 0 spiro atoms. The van der Waals surface area contributed by atoms with Crippen LogP contribution < -0.4 is 19.1 Å². The molecule has 3 aromatic rings. The zero-order chi connectivity index (χ0) is 31.9. The number of ether oxygens (including phenoxy) is 2. The summed E-state index contributed by atoms with van der Waals surface area (Å²) in [6.45, 7) is 8.90. The van der Waals surface area contributed by atoms with E-state index in [9.17, 15) is 18.0 Å². The van der Waals surface area contributed by atoms with E-state index < -0.39 is 34.1 Å². The Labute approximate surface area is 259 Å². The number of amides is 2. The van der Waals surface area contributed by atoms with E-state index >= 15 is 0 Å². The lowest BCUT2D eigenvalue weighted by atomic mass is 10.0. The quantitative estimate of drug-likeness (QED) is 0.280. The molecule has 1 atom stereocenters. The second kappa shape index (κ2) is 14.1. The van der Waals surface area contributed by atoms with Crippen molar-refractivity contribution >= 4 is 39.1 Å². The van der Waals surface area contributed by atoms with Crippen molar-refractivity contribution in [3.63, 3.8) is 0 Å². The molecule has 1 N–H and O–H groups in total. The number of benzene rings is 3.